The van der Waals surface area contributed by atoms with E-state index in [1.165, 1.54) is 0 Å². The predicted molar refractivity (Wildman–Crippen MR) is 104 cm³/mol. The van der Waals surface area contributed by atoms with E-state index in [0.29, 0.717) is 24.1 Å². The average Bonchev–Trinajstić information content (AvgIpc) is 3.12. The van der Waals surface area contributed by atoms with Gasteiger partial charge in [-0.1, -0.05) is 23.7 Å². The number of halogens is 1. The molecule has 3 N–H and O–H groups in total. The Kier molecular flexibility index (Phi) is 7.43. The Balaban J connectivity index is 1.96. The first-order chi connectivity index (χ1) is 12.4. The Bertz CT molecular complexity index is 806. The van der Waals surface area contributed by atoms with Gasteiger partial charge in [0.2, 0.25) is 10.0 Å². The normalized spacial score (nSPS) is 13.4. The lowest BCUT2D eigenvalue weighted by Gasteiger charge is -2.20. The molecule has 142 valence electrons. The Morgan fingerprint density at radius 1 is 1.27 bits per heavy atom. The van der Waals surface area contributed by atoms with Gasteiger partial charge in [0.15, 0.2) is 5.96 Å². The van der Waals surface area contributed by atoms with E-state index in [-0.39, 0.29) is 12.6 Å². The van der Waals surface area contributed by atoms with Crippen LogP contribution in [0.25, 0.3) is 0 Å². The van der Waals surface area contributed by atoms with Crippen molar-refractivity contribution in [1.29, 1.82) is 0 Å². The zero-order valence-corrected chi connectivity index (χ0v) is 16.3. The van der Waals surface area contributed by atoms with Crippen molar-refractivity contribution in [3.8, 4) is 0 Å². The summed E-state index contributed by atoms with van der Waals surface area (Å²) < 4.78 is 26.4. The van der Waals surface area contributed by atoms with E-state index in [0.717, 1.165) is 11.8 Å². The molecule has 1 aromatic heterocycles. The minimum Gasteiger partial charge on any atom is -0.355 e. The number of nitrogens with zero attached hydrogens (tertiary/aromatic N) is 3. The van der Waals surface area contributed by atoms with Gasteiger partial charge in [-0.25, -0.2) is 13.1 Å². The summed E-state index contributed by atoms with van der Waals surface area (Å²) in [6.45, 7) is 1.24. The Morgan fingerprint density at radius 2 is 2.00 bits per heavy atom. The predicted octanol–water partition coefficient (Wildman–Crippen LogP) is 0.840. The molecule has 0 aliphatic rings. The van der Waals surface area contributed by atoms with E-state index in [2.05, 4.69) is 25.4 Å². The van der Waals surface area contributed by atoms with Crippen LogP contribution in [0.5, 0.6) is 0 Å². The van der Waals surface area contributed by atoms with Crippen LogP contribution in [0.2, 0.25) is 5.02 Å². The van der Waals surface area contributed by atoms with Crippen LogP contribution < -0.4 is 15.4 Å². The smallest absolute Gasteiger partial charge is 0.208 e. The van der Waals surface area contributed by atoms with E-state index < -0.39 is 10.0 Å². The van der Waals surface area contributed by atoms with Crippen molar-refractivity contribution in [3.63, 3.8) is 0 Å². The number of hydrogen-bond acceptors (Lipinski definition) is 4. The molecule has 1 aromatic carbocycles. The van der Waals surface area contributed by atoms with E-state index in [1.807, 2.05) is 41.2 Å². The fourth-order valence-corrected chi connectivity index (χ4v) is 2.94. The molecular weight excluding hydrogens is 376 g/mol. The van der Waals surface area contributed by atoms with Crippen LogP contribution in [0.3, 0.4) is 0 Å². The van der Waals surface area contributed by atoms with Crippen LogP contribution in [0.15, 0.2) is 47.7 Å². The van der Waals surface area contributed by atoms with Gasteiger partial charge in [-0.05, 0) is 23.8 Å². The van der Waals surface area contributed by atoms with Crippen molar-refractivity contribution in [2.45, 2.75) is 6.04 Å². The minimum absolute atomic E-state index is 0.0463. The SMILES string of the molecule is CN=C(NCCNS(C)(=O)=O)NCC(c1ccc(Cl)cc1)n1cccn1. The standard InChI is InChI=1S/C16H23ClN6O2S/c1-18-16(19-9-10-22-26(2,24)25)20-12-15(23-11-3-8-21-23)13-4-6-14(17)7-5-13/h3-8,11,15,22H,9-10,12H2,1-2H3,(H2,18,19,20). The van der Waals surface area contributed by atoms with Crippen LogP contribution in [0, 0.1) is 0 Å². The molecular formula is C16H23ClN6O2S. The molecule has 0 bridgehead atoms. The quantitative estimate of drug-likeness (QED) is 0.347. The molecule has 1 atom stereocenters. The van der Waals surface area contributed by atoms with Crippen molar-refractivity contribution in [3.05, 3.63) is 53.3 Å². The number of hydrogen-bond donors (Lipinski definition) is 3. The first kappa shape index (κ1) is 20.2. The molecule has 0 radical (unpaired) electrons. The van der Waals surface area contributed by atoms with Gasteiger partial charge < -0.3 is 10.6 Å². The summed E-state index contributed by atoms with van der Waals surface area (Å²) in [5.74, 6) is 0.575. The number of rotatable bonds is 8. The van der Waals surface area contributed by atoms with E-state index in [1.54, 1.807) is 13.2 Å². The molecule has 10 heteroatoms. The highest BCUT2D eigenvalue weighted by Crippen LogP contribution is 2.19. The van der Waals surface area contributed by atoms with E-state index in [4.69, 9.17) is 11.6 Å². The second-order valence-electron chi connectivity index (χ2n) is 5.60. The van der Waals surface area contributed by atoms with Crippen molar-refractivity contribution >= 4 is 27.6 Å². The largest absolute Gasteiger partial charge is 0.355 e. The molecule has 2 aromatic rings. The van der Waals surface area contributed by atoms with Crippen molar-refractivity contribution in [2.75, 3.05) is 32.9 Å². The van der Waals surface area contributed by atoms with Crippen LogP contribution in [0.1, 0.15) is 11.6 Å². The molecule has 0 aliphatic heterocycles. The summed E-state index contributed by atoms with van der Waals surface area (Å²) >= 11 is 5.98. The summed E-state index contributed by atoms with van der Waals surface area (Å²) in [6, 6.07) is 9.43. The minimum atomic E-state index is -3.20. The van der Waals surface area contributed by atoms with Gasteiger partial charge >= 0.3 is 0 Å². The van der Waals surface area contributed by atoms with Gasteiger partial charge in [0.25, 0.3) is 0 Å². The topological polar surface area (TPSA) is 100 Å². The average molecular weight is 399 g/mol. The lowest BCUT2D eigenvalue weighted by molar-refractivity contribution is 0.510. The molecule has 2 rings (SSSR count). The summed E-state index contributed by atoms with van der Waals surface area (Å²) in [4.78, 5) is 4.15. The first-order valence-electron chi connectivity index (χ1n) is 8.03. The van der Waals surface area contributed by atoms with Gasteiger partial charge in [-0.2, -0.15) is 5.10 Å². The van der Waals surface area contributed by atoms with Crippen molar-refractivity contribution < 1.29 is 8.42 Å². The lowest BCUT2D eigenvalue weighted by Crippen LogP contribution is -2.43. The maximum Gasteiger partial charge on any atom is 0.208 e. The van der Waals surface area contributed by atoms with Gasteiger partial charge in [0.1, 0.15) is 0 Å². The molecule has 0 saturated heterocycles. The summed E-state index contributed by atoms with van der Waals surface area (Å²) in [7, 11) is -1.54. The Labute approximate surface area is 158 Å². The van der Waals surface area contributed by atoms with Crippen LogP contribution in [0.4, 0.5) is 0 Å². The maximum absolute atomic E-state index is 11.1. The molecule has 0 aliphatic carbocycles. The Hall–Kier alpha value is -2.10. The number of benzene rings is 1. The van der Waals surface area contributed by atoms with Crippen molar-refractivity contribution in [2.24, 2.45) is 4.99 Å². The maximum atomic E-state index is 11.1. The molecule has 1 unspecified atom stereocenters. The molecule has 0 amide bonds. The van der Waals surface area contributed by atoms with Gasteiger partial charge in [0, 0.05) is 44.1 Å². The fraction of sp³-hybridized carbons (Fsp3) is 0.375. The van der Waals surface area contributed by atoms with E-state index >= 15 is 0 Å². The third-order valence-electron chi connectivity index (χ3n) is 3.57. The highest BCUT2D eigenvalue weighted by Gasteiger charge is 2.14. The number of aromatic nitrogens is 2. The second-order valence-corrected chi connectivity index (χ2v) is 7.87. The summed E-state index contributed by atoms with van der Waals surface area (Å²) in [5, 5.41) is 11.3. The zero-order valence-electron chi connectivity index (χ0n) is 14.7. The van der Waals surface area contributed by atoms with E-state index in [9.17, 15) is 8.42 Å². The zero-order chi connectivity index (χ0) is 19.0. The van der Waals surface area contributed by atoms with Crippen LogP contribution >= 0.6 is 11.6 Å². The monoisotopic (exact) mass is 398 g/mol. The molecule has 8 nitrogen and oxygen atoms in total. The summed E-state index contributed by atoms with van der Waals surface area (Å²) in [5.41, 5.74) is 1.06. The molecule has 0 saturated carbocycles. The van der Waals surface area contributed by atoms with Gasteiger partial charge in [0.05, 0.1) is 12.3 Å². The number of aliphatic imine (C=N–C) groups is 1. The van der Waals surface area contributed by atoms with Gasteiger partial charge in [-0.15, -0.1) is 0 Å². The first-order valence-corrected chi connectivity index (χ1v) is 10.3. The van der Waals surface area contributed by atoms with Crippen LogP contribution in [-0.2, 0) is 10.0 Å². The molecule has 0 fully saturated rings. The lowest BCUT2D eigenvalue weighted by atomic mass is 10.1. The molecule has 0 spiro atoms. The highest BCUT2D eigenvalue weighted by molar-refractivity contribution is 7.88. The number of guanidine groups is 1. The number of sulfonamides is 1. The third-order valence-corrected chi connectivity index (χ3v) is 4.55. The number of nitrogens with one attached hydrogen (secondary N) is 3. The second kappa shape index (κ2) is 9.56. The Morgan fingerprint density at radius 3 is 2.58 bits per heavy atom. The highest BCUT2D eigenvalue weighted by atomic mass is 35.5. The van der Waals surface area contributed by atoms with Crippen LogP contribution in [-0.4, -0.2) is 57.1 Å². The molecule has 26 heavy (non-hydrogen) atoms. The third kappa shape index (κ3) is 6.66. The molecule has 1 heterocycles. The van der Waals surface area contributed by atoms with Gasteiger partial charge in [-0.3, -0.25) is 9.67 Å². The van der Waals surface area contributed by atoms with Crippen molar-refractivity contribution in [1.82, 2.24) is 25.1 Å². The fourth-order valence-electron chi connectivity index (χ4n) is 2.35. The summed E-state index contributed by atoms with van der Waals surface area (Å²) in [6.07, 6.45) is 4.75.